The van der Waals surface area contributed by atoms with Gasteiger partial charge in [-0.1, -0.05) is 52.1 Å². The van der Waals surface area contributed by atoms with Crippen molar-refractivity contribution in [3.63, 3.8) is 0 Å². The number of hydrogen-bond donors (Lipinski definition) is 2. The van der Waals surface area contributed by atoms with Crippen LogP contribution in [-0.2, 0) is 9.47 Å². The second-order valence-corrected chi connectivity index (χ2v) is 4.34. The van der Waals surface area contributed by atoms with Crippen LogP contribution in [0, 0.1) is 0 Å². The Balaban J connectivity index is -0.000000188. The first-order valence-electron chi connectivity index (χ1n) is 5.74. The van der Waals surface area contributed by atoms with E-state index in [1.165, 1.54) is 6.42 Å². The first-order chi connectivity index (χ1) is 8.24. The Labute approximate surface area is 122 Å². The lowest BCUT2D eigenvalue weighted by Gasteiger charge is -1.94. The number of aliphatic hydroxyl groups excluding tert-OH is 2. The third-order valence-corrected chi connectivity index (χ3v) is 1.56. The Morgan fingerprint density at radius 3 is 1.29 bits per heavy atom. The standard InChI is InChI=1S/C4H8Br2O.C4H10O3.C3H8/c2*5-1-3-7-4-2-6;1-3-2/h1-4H2;5-6H,1-4H2;3H2,1-2H3. The van der Waals surface area contributed by atoms with E-state index < -0.39 is 0 Å². The maximum atomic E-state index is 8.09. The molecule has 0 rings (SSSR count). The van der Waals surface area contributed by atoms with E-state index in [0.717, 1.165) is 23.9 Å². The van der Waals surface area contributed by atoms with Crippen LogP contribution in [0.25, 0.3) is 0 Å². The third-order valence-electron chi connectivity index (χ3n) is 0.914. The monoisotopic (exact) mass is 380 g/mol. The van der Waals surface area contributed by atoms with E-state index in [4.69, 9.17) is 14.9 Å². The normalized spacial score (nSPS) is 8.82. The zero-order chi connectivity index (χ0) is 13.8. The lowest BCUT2D eigenvalue weighted by Crippen LogP contribution is -2.03. The molecule has 0 spiro atoms. The van der Waals surface area contributed by atoms with Gasteiger partial charge in [-0.15, -0.1) is 0 Å². The van der Waals surface area contributed by atoms with Crippen LogP contribution < -0.4 is 0 Å². The fraction of sp³-hybridized carbons (Fsp3) is 1.00. The molecule has 0 radical (unpaired) electrons. The predicted molar refractivity (Wildman–Crippen MR) is 79.4 cm³/mol. The summed E-state index contributed by atoms with van der Waals surface area (Å²) in [5.74, 6) is 0. The van der Waals surface area contributed by atoms with Crippen LogP contribution in [0.2, 0.25) is 0 Å². The van der Waals surface area contributed by atoms with Crippen molar-refractivity contribution < 1.29 is 19.7 Å². The van der Waals surface area contributed by atoms with Gasteiger partial charge in [-0.05, 0) is 0 Å². The van der Waals surface area contributed by atoms with Crippen molar-refractivity contribution in [1.29, 1.82) is 0 Å². The molecule has 0 aliphatic heterocycles. The topological polar surface area (TPSA) is 58.9 Å². The van der Waals surface area contributed by atoms with Crippen molar-refractivity contribution in [3.05, 3.63) is 0 Å². The van der Waals surface area contributed by atoms with Gasteiger partial charge in [0.05, 0.1) is 39.6 Å². The molecule has 0 saturated carbocycles. The number of aliphatic hydroxyl groups is 2. The second-order valence-electron chi connectivity index (χ2n) is 2.76. The smallest absolute Gasteiger partial charge is 0.0698 e. The van der Waals surface area contributed by atoms with Crippen LogP contribution in [0.15, 0.2) is 0 Å². The Hall–Kier alpha value is 0.800. The molecule has 0 aliphatic carbocycles. The van der Waals surface area contributed by atoms with Gasteiger partial charge in [0.1, 0.15) is 0 Å². The molecule has 0 atom stereocenters. The largest absolute Gasteiger partial charge is 0.394 e. The molecular weight excluding hydrogens is 356 g/mol. The average Bonchev–Trinajstić information content (AvgIpc) is 2.32. The average molecular weight is 382 g/mol. The Morgan fingerprint density at radius 1 is 0.765 bits per heavy atom. The van der Waals surface area contributed by atoms with Crippen molar-refractivity contribution >= 4 is 31.9 Å². The van der Waals surface area contributed by atoms with Gasteiger partial charge in [0.25, 0.3) is 0 Å². The van der Waals surface area contributed by atoms with Gasteiger partial charge in [0, 0.05) is 10.7 Å². The summed E-state index contributed by atoms with van der Waals surface area (Å²) in [5, 5.41) is 18.0. The van der Waals surface area contributed by atoms with Crippen LogP contribution in [0.5, 0.6) is 0 Å². The highest BCUT2D eigenvalue weighted by Crippen LogP contribution is 1.84. The minimum absolute atomic E-state index is 0.0278. The molecule has 0 bridgehead atoms. The minimum Gasteiger partial charge on any atom is -0.394 e. The van der Waals surface area contributed by atoms with Gasteiger partial charge in [-0.3, -0.25) is 0 Å². The van der Waals surface area contributed by atoms with Crippen LogP contribution in [0.3, 0.4) is 0 Å². The zero-order valence-electron chi connectivity index (χ0n) is 10.8. The highest BCUT2D eigenvalue weighted by Gasteiger charge is 1.80. The molecule has 0 amide bonds. The fourth-order valence-corrected chi connectivity index (χ4v) is 0.900. The van der Waals surface area contributed by atoms with Gasteiger partial charge >= 0.3 is 0 Å². The predicted octanol–water partition coefficient (Wildman–Crippen LogP) is 2.20. The molecule has 4 nitrogen and oxygen atoms in total. The number of rotatable bonds is 8. The van der Waals surface area contributed by atoms with E-state index in [1.54, 1.807) is 0 Å². The summed E-state index contributed by atoms with van der Waals surface area (Å²) in [6.07, 6.45) is 1.25. The van der Waals surface area contributed by atoms with Crippen molar-refractivity contribution in [3.8, 4) is 0 Å². The molecule has 2 N–H and O–H groups in total. The highest BCUT2D eigenvalue weighted by atomic mass is 79.9. The van der Waals surface area contributed by atoms with Crippen molar-refractivity contribution in [1.82, 2.24) is 0 Å². The van der Waals surface area contributed by atoms with E-state index in [-0.39, 0.29) is 13.2 Å². The van der Waals surface area contributed by atoms with Gasteiger partial charge in [0.2, 0.25) is 0 Å². The molecule has 0 aromatic heterocycles. The first-order valence-corrected chi connectivity index (χ1v) is 7.98. The maximum absolute atomic E-state index is 8.09. The van der Waals surface area contributed by atoms with Crippen molar-refractivity contribution in [2.24, 2.45) is 0 Å². The summed E-state index contributed by atoms with van der Waals surface area (Å²) in [7, 11) is 0. The Morgan fingerprint density at radius 2 is 1.06 bits per heavy atom. The Bertz CT molecular complexity index is 79.5. The molecular formula is C11H26Br2O4. The quantitative estimate of drug-likeness (QED) is 0.499. The zero-order valence-corrected chi connectivity index (χ0v) is 14.0. The van der Waals surface area contributed by atoms with E-state index in [2.05, 4.69) is 50.4 Å². The number of ether oxygens (including phenoxy) is 2. The molecule has 0 aromatic rings. The first kappa shape index (κ1) is 22.9. The summed E-state index contributed by atoms with van der Waals surface area (Å²) in [4.78, 5) is 0. The molecule has 0 heterocycles. The molecule has 0 saturated heterocycles. The summed E-state index contributed by atoms with van der Waals surface area (Å²) in [5.41, 5.74) is 0. The molecule has 0 aliphatic rings. The van der Waals surface area contributed by atoms with E-state index >= 15 is 0 Å². The summed E-state index contributed by atoms with van der Waals surface area (Å²) >= 11 is 6.48. The molecule has 0 fully saturated rings. The summed E-state index contributed by atoms with van der Waals surface area (Å²) < 4.78 is 9.67. The highest BCUT2D eigenvalue weighted by molar-refractivity contribution is 9.09. The van der Waals surface area contributed by atoms with Crippen LogP contribution >= 0.6 is 31.9 Å². The van der Waals surface area contributed by atoms with Gasteiger partial charge in [0.15, 0.2) is 0 Å². The maximum Gasteiger partial charge on any atom is 0.0698 e. The lowest BCUT2D eigenvalue weighted by atomic mass is 10.6. The molecule has 0 aromatic carbocycles. The van der Waals surface area contributed by atoms with Crippen LogP contribution in [0.4, 0.5) is 0 Å². The van der Waals surface area contributed by atoms with Crippen LogP contribution in [0.1, 0.15) is 20.3 Å². The number of hydrogen-bond acceptors (Lipinski definition) is 4. The Kier molecular flexibility index (Phi) is 40.6. The summed E-state index contributed by atoms with van der Waals surface area (Å²) in [6, 6.07) is 0. The molecule has 108 valence electrons. The van der Waals surface area contributed by atoms with E-state index in [1.807, 2.05) is 0 Å². The number of halogens is 2. The van der Waals surface area contributed by atoms with Crippen molar-refractivity contribution in [2.45, 2.75) is 20.3 Å². The molecule has 0 unspecified atom stereocenters. The number of alkyl halides is 2. The molecule has 17 heavy (non-hydrogen) atoms. The van der Waals surface area contributed by atoms with E-state index in [0.29, 0.717) is 13.2 Å². The lowest BCUT2D eigenvalue weighted by molar-refractivity contribution is 0.0650. The van der Waals surface area contributed by atoms with Gasteiger partial charge in [-0.2, -0.15) is 0 Å². The fourth-order valence-electron chi connectivity index (χ4n) is 0.442. The van der Waals surface area contributed by atoms with E-state index in [9.17, 15) is 0 Å². The summed E-state index contributed by atoms with van der Waals surface area (Å²) in [6.45, 7) is 6.57. The SMILES string of the molecule is BrCCOCCBr.CCC.OCCOCCO. The third kappa shape index (κ3) is 47.5. The minimum atomic E-state index is 0.0278. The van der Waals surface area contributed by atoms with Gasteiger partial charge in [-0.25, -0.2) is 0 Å². The van der Waals surface area contributed by atoms with Crippen LogP contribution in [-0.4, -0.2) is 60.5 Å². The second kappa shape index (κ2) is 30.1. The van der Waals surface area contributed by atoms with Gasteiger partial charge < -0.3 is 19.7 Å². The van der Waals surface area contributed by atoms with Crippen molar-refractivity contribution in [2.75, 3.05) is 50.3 Å². The molecule has 6 heteroatoms.